The lowest BCUT2D eigenvalue weighted by Crippen LogP contribution is -2.44. The second kappa shape index (κ2) is 4.80. The molecule has 0 spiro atoms. The second-order valence-electron chi connectivity index (χ2n) is 5.07. The zero-order valence-electron chi connectivity index (χ0n) is 11.1. The molecular weight excluding hydrogens is 216 g/mol. The van der Waals surface area contributed by atoms with Crippen LogP contribution in [0, 0.1) is 0 Å². The van der Waals surface area contributed by atoms with E-state index in [1.54, 1.807) is 18.9 Å². The van der Waals surface area contributed by atoms with Gasteiger partial charge in [-0.1, -0.05) is 26.0 Å². The van der Waals surface area contributed by atoms with Gasteiger partial charge in [0.2, 0.25) is 0 Å². The summed E-state index contributed by atoms with van der Waals surface area (Å²) in [5, 5.41) is 0. The van der Waals surface area contributed by atoms with Gasteiger partial charge in [0.25, 0.3) is 0 Å². The van der Waals surface area contributed by atoms with E-state index in [9.17, 15) is 0 Å². The van der Waals surface area contributed by atoms with Gasteiger partial charge in [0.1, 0.15) is 0 Å². The van der Waals surface area contributed by atoms with Crippen molar-refractivity contribution in [1.29, 1.82) is 0 Å². The lowest BCUT2D eigenvalue weighted by molar-refractivity contribution is -0.0342. The molecule has 0 aliphatic heterocycles. The fourth-order valence-corrected chi connectivity index (χ4v) is 2.02. The van der Waals surface area contributed by atoms with Crippen LogP contribution in [0.5, 0.6) is 0 Å². The molecule has 0 fully saturated rings. The minimum absolute atomic E-state index is 0.00130. The minimum Gasteiger partial charge on any atom is -0.378 e. The van der Waals surface area contributed by atoms with Gasteiger partial charge in [0.05, 0.1) is 5.60 Å². The van der Waals surface area contributed by atoms with Gasteiger partial charge in [0.15, 0.2) is 0 Å². The van der Waals surface area contributed by atoms with Crippen molar-refractivity contribution >= 4 is 11.8 Å². The van der Waals surface area contributed by atoms with Crippen molar-refractivity contribution in [3.8, 4) is 0 Å². The van der Waals surface area contributed by atoms with Gasteiger partial charge >= 0.3 is 0 Å². The number of thioether (sulfide) groups is 1. The molecule has 0 atom stereocenters. The molecule has 1 rings (SSSR count). The average molecular weight is 238 g/mol. The molecule has 1 aromatic carbocycles. The normalized spacial score (nSPS) is 12.9. The van der Waals surface area contributed by atoms with Crippen LogP contribution in [0.1, 0.15) is 33.3 Å². The maximum atomic E-state index is 5.61. The van der Waals surface area contributed by atoms with Crippen molar-refractivity contribution in [1.82, 2.24) is 0 Å². The zero-order chi connectivity index (χ0) is 12.4. The van der Waals surface area contributed by atoms with Crippen LogP contribution in [0.3, 0.4) is 0 Å². The molecule has 0 radical (unpaired) electrons. The fraction of sp³-hybridized carbons (Fsp3) is 0.571. The van der Waals surface area contributed by atoms with E-state index in [0.717, 1.165) is 0 Å². The molecule has 0 aromatic heterocycles. The molecule has 1 nitrogen and oxygen atoms in total. The smallest absolute Gasteiger partial charge is 0.0713 e. The summed E-state index contributed by atoms with van der Waals surface area (Å²) in [6.45, 7) is 8.72. The van der Waals surface area contributed by atoms with Gasteiger partial charge in [-0.05, 0) is 37.8 Å². The minimum atomic E-state index is -0.173. The molecule has 0 amide bonds. The number of hydrogen-bond acceptors (Lipinski definition) is 2. The number of ether oxygens (including phenoxy) is 1. The van der Waals surface area contributed by atoms with E-state index in [1.165, 1.54) is 10.5 Å². The second-order valence-corrected chi connectivity index (χ2v) is 5.95. The number of methoxy groups -OCH3 is 1. The monoisotopic (exact) mass is 238 g/mol. The van der Waals surface area contributed by atoms with Crippen molar-refractivity contribution in [2.75, 3.05) is 13.4 Å². The predicted molar refractivity (Wildman–Crippen MR) is 72.3 cm³/mol. The summed E-state index contributed by atoms with van der Waals surface area (Å²) >= 11 is 1.77. The van der Waals surface area contributed by atoms with Crippen LogP contribution in [0.15, 0.2) is 29.2 Å². The first kappa shape index (κ1) is 13.6. The summed E-state index contributed by atoms with van der Waals surface area (Å²) in [6, 6.07) is 8.75. The fourth-order valence-electron chi connectivity index (χ4n) is 1.61. The maximum absolute atomic E-state index is 5.61. The highest BCUT2D eigenvalue weighted by atomic mass is 32.2. The van der Waals surface area contributed by atoms with Crippen LogP contribution in [0.2, 0.25) is 0 Å². The van der Waals surface area contributed by atoms with E-state index >= 15 is 0 Å². The van der Waals surface area contributed by atoms with Gasteiger partial charge in [-0.25, -0.2) is 0 Å². The third-order valence-corrected chi connectivity index (χ3v) is 4.57. The lowest BCUT2D eigenvalue weighted by atomic mass is 9.72. The highest BCUT2D eigenvalue weighted by molar-refractivity contribution is 7.98. The molecular formula is C14H22OS. The first-order valence-corrected chi connectivity index (χ1v) is 6.77. The van der Waals surface area contributed by atoms with E-state index in [4.69, 9.17) is 4.74 Å². The summed E-state index contributed by atoms with van der Waals surface area (Å²) in [6.07, 6.45) is 2.10. The predicted octanol–water partition coefficient (Wildman–Crippen LogP) is 4.11. The first-order chi connectivity index (χ1) is 7.35. The SMILES string of the molecule is COC(C)(C)C(C)(C)c1ccc(SC)cc1. The van der Waals surface area contributed by atoms with Crippen molar-refractivity contribution in [3.63, 3.8) is 0 Å². The molecule has 16 heavy (non-hydrogen) atoms. The third kappa shape index (κ3) is 2.44. The number of benzene rings is 1. The van der Waals surface area contributed by atoms with Crippen molar-refractivity contribution in [2.45, 2.75) is 43.6 Å². The Morgan fingerprint density at radius 2 is 1.50 bits per heavy atom. The Balaban J connectivity index is 3.07. The summed E-state index contributed by atoms with van der Waals surface area (Å²) in [4.78, 5) is 1.30. The summed E-state index contributed by atoms with van der Waals surface area (Å²) in [5.41, 5.74) is 1.14. The topological polar surface area (TPSA) is 9.23 Å². The van der Waals surface area contributed by atoms with Crippen molar-refractivity contribution in [2.24, 2.45) is 0 Å². The van der Waals surface area contributed by atoms with E-state index in [2.05, 4.69) is 58.2 Å². The standard InChI is InChI=1S/C14H22OS/c1-13(2,14(3,4)15-5)11-7-9-12(16-6)10-8-11/h7-10H,1-6H3. The highest BCUT2D eigenvalue weighted by Crippen LogP contribution is 2.37. The van der Waals surface area contributed by atoms with Crippen molar-refractivity contribution < 1.29 is 4.74 Å². The van der Waals surface area contributed by atoms with Crippen LogP contribution < -0.4 is 0 Å². The van der Waals surface area contributed by atoms with Crippen LogP contribution in [0.25, 0.3) is 0 Å². The van der Waals surface area contributed by atoms with E-state index < -0.39 is 0 Å². The van der Waals surface area contributed by atoms with Crippen LogP contribution in [-0.4, -0.2) is 19.0 Å². The molecule has 0 heterocycles. The van der Waals surface area contributed by atoms with Crippen LogP contribution in [0.4, 0.5) is 0 Å². The molecule has 0 bridgehead atoms. The number of rotatable bonds is 4. The molecule has 1 aromatic rings. The molecule has 90 valence electrons. The Hall–Kier alpha value is -0.470. The Labute approximate surface area is 104 Å². The summed E-state index contributed by atoms with van der Waals surface area (Å²) in [7, 11) is 1.78. The summed E-state index contributed by atoms with van der Waals surface area (Å²) < 4.78 is 5.61. The molecule has 0 N–H and O–H groups in total. The van der Waals surface area contributed by atoms with Gasteiger partial charge in [-0.15, -0.1) is 11.8 Å². The van der Waals surface area contributed by atoms with Crippen LogP contribution in [-0.2, 0) is 10.2 Å². The third-order valence-electron chi connectivity index (χ3n) is 3.83. The van der Waals surface area contributed by atoms with E-state index in [0.29, 0.717) is 0 Å². The highest BCUT2D eigenvalue weighted by Gasteiger charge is 2.38. The van der Waals surface area contributed by atoms with Crippen LogP contribution >= 0.6 is 11.8 Å². The maximum Gasteiger partial charge on any atom is 0.0713 e. The lowest BCUT2D eigenvalue weighted by Gasteiger charge is -2.41. The molecule has 0 unspecified atom stereocenters. The molecule has 0 saturated heterocycles. The largest absolute Gasteiger partial charge is 0.378 e. The molecule has 0 saturated carbocycles. The first-order valence-electron chi connectivity index (χ1n) is 5.55. The zero-order valence-corrected chi connectivity index (χ0v) is 11.9. The Kier molecular flexibility index (Phi) is 4.08. The number of hydrogen-bond donors (Lipinski definition) is 0. The molecule has 0 aliphatic rings. The van der Waals surface area contributed by atoms with Gasteiger partial charge in [-0.3, -0.25) is 0 Å². The van der Waals surface area contributed by atoms with Crippen molar-refractivity contribution in [3.05, 3.63) is 29.8 Å². The van der Waals surface area contributed by atoms with Gasteiger partial charge in [-0.2, -0.15) is 0 Å². The van der Waals surface area contributed by atoms with E-state index in [1.807, 2.05) is 0 Å². The Morgan fingerprint density at radius 1 is 1.00 bits per heavy atom. The molecule has 2 heteroatoms. The summed E-state index contributed by atoms with van der Waals surface area (Å²) in [5.74, 6) is 0. The molecule has 0 aliphatic carbocycles. The Bertz CT molecular complexity index is 338. The van der Waals surface area contributed by atoms with Gasteiger partial charge in [0, 0.05) is 17.4 Å². The average Bonchev–Trinajstić information content (AvgIpc) is 2.29. The Morgan fingerprint density at radius 3 is 1.88 bits per heavy atom. The van der Waals surface area contributed by atoms with Gasteiger partial charge < -0.3 is 4.74 Å². The van der Waals surface area contributed by atoms with E-state index in [-0.39, 0.29) is 11.0 Å². The quantitative estimate of drug-likeness (QED) is 0.730.